The average Bonchev–Trinajstić information content (AvgIpc) is 3.00. The van der Waals surface area contributed by atoms with Crippen molar-refractivity contribution in [3.63, 3.8) is 0 Å². The lowest BCUT2D eigenvalue weighted by Crippen LogP contribution is -2.07. The Morgan fingerprint density at radius 3 is 2.85 bits per heavy atom. The second-order valence-corrected chi connectivity index (χ2v) is 5.39. The van der Waals surface area contributed by atoms with E-state index in [1.165, 1.54) is 6.08 Å². The van der Waals surface area contributed by atoms with Gasteiger partial charge in [-0.3, -0.25) is 9.78 Å². The van der Waals surface area contributed by atoms with Gasteiger partial charge in [0.05, 0.1) is 19.2 Å². The average molecular weight is 354 g/mol. The molecule has 0 aliphatic heterocycles. The maximum Gasteiger partial charge on any atom is 0.417 e. The van der Waals surface area contributed by atoms with Crippen LogP contribution in [0.3, 0.4) is 0 Å². The minimum absolute atomic E-state index is 0.302. The maximum atomic E-state index is 12.1. The molecular weight excluding hydrogens is 336 g/mol. The topological polar surface area (TPSA) is 93.6 Å². The Hall–Kier alpha value is -3.48. The van der Waals surface area contributed by atoms with Gasteiger partial charge in [0.1, 0.15) is 0 Å². The summed E-state index contributed by atoms with van der Waals surface area (Å²) in [7, 11) is 1.57. The van der Waals surface area contributed by atoms with Gasteiger partial charge in [0, 0.05) is 11.8 Å². The van der Waals surface area contributed by atoms with Crippen LogP contribution in [0.1, 0.15) is 12.5 Å². The van der Waals surface area contributed by atoms with Crippen LogP contribution in [0.4, 0.5) is 5.69 Å². The lowest BCUT2D eigenvalue weighted by molar-refractivity contribution is -0.111. The number of aromatic nitrogens is 1. The molecule has 26 heavy (non-hydrogen) atoms. The van der Waals surface area contributed by atoms with E-state index in [1.54, 1.807) is 43.5 Å². The van der Waals surface area contributed by atoms with Crippen molar-refractivity contribution in [2.75, 3.05) is 19.0 Å². The summed E-state index contributed by atoms with van der Waals surface area (Å²) in [5, 5.41) is 2.73. The van der Waals surface area contributed by atoms with Crippen LogP contribution < -0.4 is 20.5 Å². The molecule has 134 valence electrons. The summed E-state index contributed by atoms with van der Waals surface area (Å²) in [6.45, 7) is 2.40. The Labute approximate surface area is 149 Å². The number of anilines is 1. The molecule has 1 aromatic heterocycles. The second kappa shape index (κ2) is 7.60. The van der Waals surface area contributed by atoms with Gasteiger partial charge in [0.15, 0.2) is 17.1 Å². The number of carbonyl (C=O) groups is 1. The lowest BCUT2D eigenvalue weighted by Gasteiger charge is -2.09. The fraction of sp³-hybridized carbons (Fsp3) is 0.158. The molecule has 7 heteroatoms. The molecule has 3 aromatic rings. The summed E-state index contributed by atoms with van der Waals surface area (Å²) < 4.78 is 15.7. The van der Waals surface area contributed by atoms with E-state index in [9.17, 15) is 9.59 Å². The second-order valence-electron chi connectivity index (χ2n) is 5.39. The highest BCUT2D eigenvalue weighted by molar-refractivity contribution is 6.02. The molecule has 0 aliphatic rings. The van der Waals surface area contributed by atoms with Crippen LogP contribution in [0.15, 0.2) is 51.7 Å². The summed E-state index contributed by atoms with van der Waals surface area (Å²) in [5.74, 6) is 0.416. The molecule has 1 heterocycles. The third-order valence-corrected chi connectivity index (χ3v) is 3.60. The number of hydrogen-bond acceptors (Lipinski definition) is 5. The van der Waals surface area contributed by atoms with Crippen LogP contribution in [-0.2, 0) is 4.79 Å². The van der Waals surface area contributed by atoms with Gasteiger partial charge < -0.3 is 19.2 Å². The Bertz CT molecular complexity index is 1020. The third-order valence-electron chi connectivity index (χ3n) is 3.60. The Morgan fingerprint density at radius 1 is 1.23 bits per heavy atom. The number of rotatable bonds is 6. The molecule has 0 bridgehead atoms. The Balaban J connectivity index is 1.72. The zero-order valence-electron chi connectivity index (χ0n) is 14.4. The fourth-order valence-electron chi connectivity index (χ4n) is 2.45. The van der Waals surface area contributed by atoms with Gasteiger partial charge in [-0.1, -0.05) is 6.07 Å². The summed E-state index contributed by atoms with van der Waals surface area (Å²) in [6.07, 6.45) is 3.09. The quantitative estimate of drug-likeness (QED) is 0.663. The van der Waals surface area contributed by atoms with Gasteiger partial charge in [-0.15, -0.1) is 0 Å². The standard InChI is InChI=1S/C19H18N2O5/c1-3-25-17-10-12(4-7-16(17)24-2)5-9-18(22)20-13-6-8-15-14(11-13)21-19(23)26-15/h4-11H,3H2,1-2H3,(H,20,22)(H,21,23)/b9-5+. The first kappa shape index (κ1) is 17.3. The molecule has 0 fully saturated rings. The Morgan fingerprint density at radius 2 is 2.08 bits per heavy atom. The monoisotopic (exact) mass is 354 g/mol. The highest BCUT2D eigenvalue weighted by atomic mass is 16.5. The number of oxazole rings is 1. The van der Waals surface area contributed by atoms with Crippen molar-refractivity contribution >= 4 is 28.8 Å². The van der Waals surface area contributed by atoms with Crippen LogP contribution in [0.2, 0.25) is 0 Å². The SMILES string of the molecule is CCOc1cc(/C=C/C(=O)Nc2ccc3oc(=O)[nH]c3c2)ccc1OC. The normalized spacial score (nSPS) is 11.0. The zero-order valence-corrected chi connectivity index (χ0v) is 14.4. The van der Waals surface area contributed by atoms with E-state index >= 15 is 0 Å². The summed E-state index contributed by atoms with van der Waals surface area (Å²) in [4.78, 5) is 25.8. The van der Waals surface area contributed by atoms with Crippen molar-refractivity contribution in [1.29, 1.82) is 0 Å². The molecule has 0 aliphatic carbocycles. The molecule has 0 saturated heterocycles. The Kier molecular flexibility index (Phi) is 5.07. The highest BCUT2D eigenvalue weighted by Crippen LogP contribution is 2.28. The van der Waals surface area contributed by atoms with Crippen LogP contribution in [-0.4, -0.2) is 24.6 Å². The van der Waals surface area contributed by atoms with Gasteiger partial charge in [-0.2, -0.15) is 0 Å². The van der Waals surface area contributed by atoms with Gasteiger partial charge in [0.2, 0.25) is 5.91 Å². The lowest BCUT2D eigenvalue weighted by atomic mass is 10.2. The molecule has 0 unspecified atom stereocenters. The number of fused-ring (bicyclic) bond motifs is 1. The molecule has 2 aromatic carbocycles. The van der Waals surface area contributed by atoms with Crippen molar-refractivity contribution < 1.29 is 18.7 Å². The van der Waals surface area contributed by atoms with Crippen LogP contribution in [0, 0.1) is 0 Å². The van der Waals surface area contributed by atoms with Crippen LogP contribution in [0.5, 0.6) is 11.5 Å². The van der Waals surface area contributed by atoms with Gasteiger partial charge in [-0.25, -0.2) is 4.79 Å². The molecule has 7 nitrogen and oxygen atoms in total. The van der Waals surface area contributed by atoms with E-state index in [2.05, 4.69) is 10.3 Å². The van der Waals surface area contributed by atoms with Crippen molar-refractivity contribution in [3.8, 4) is 11.5 Å². The number of methoxy groups -OCH3 is 1. The van der Waals surface area contributed by atoms with E-state index < -0.39 is 5.76 Å². The number of H-pyrrole nitrogens is 1. The van der Waals surface area contributed by atoms with Crippen LogP contribution in [0.25, 0.3) is 17.2 Å². The predicted molar refractivity (Wildman–Crippen MR) is 98.7 cm³/mol. The van der Waals surface area contributed by atoms with Crippen molar-refractivity contribution in [1.82, 2.24) is 4.98 Å². The summed E-state index contributed by atoms with van der Waals surface area (Å²) >= 11 is 0. The molecule has 3 rings (SSSR count). The first-order chi connectivity index (χ1) is 12.6. The molecule has 0 radical (unpaired) electrons. The number of aromatic amines is 1. The first-order valence-corrected chi connectivity index (χ1v) is 8.02. The van der Waals surface area contributed by atoms with Gasteiger partial charge >= 0.3 is 5.76 Å². The first-order valence-electron chi connectivity index (χ1n) is 8.02. The molecule has 0 saturated carbocycles. The van der Waals surface area contributed by atoms with Crippen molar-refractivity contribution in [2.45, 2.75) is 6.92 Å². The van der Waals surface area contributed by atoms with E-state index in [-0.39, 0.29) is 5.91 Å². The summed E-state index contributed by atoms with van der Waals surface area (Å²) in [6, 6.07) is 10.3. The van der Waals surface area contributed by atoms with Gasteiger partial charge in [0.25, 0.3) is 0 Å². The maximum absolute atomic E-state index is 12.1. The van der Waals surface area contributed by atoms with E-state index in [4.69, 9.17) is 13.9 Å². The highest BCUT2D eigenvalue weighted by Gasteiger charge is 2.06. The molecule has 0 spiro atoms. The minimum atomic E-state index is -0.534. The zero-order chi connectivity index (χ0) is 18.5. The molecule has 0 atom stereocenters. The van der Waals surface area contributed by atoms with E-state index in [1.807, 2.05) is 13.0 Å². The fourth-order valence-corrected chi connectivity index (χ4v) is 2.45. The summed E-state index contributed by atoms with van der Waals surface area (Å²) in [5.41, 5.74) is 2.31. The number of hydrogen-bond donors (Lipinski definition) is 2. The van der Waals surface area contributed by atoms with Gasteiger partial charge in [-0.05, 0) is 48.9 Å². The molecular formula is C19H18N2O5. The van der Waals surface area contributed by atoms with E-state index in [0.29, 0.717) is 34.9 Å². The predicted octanol–water partition coefficient (Wildman–Crippen LogP) is 3.18. The molecule has 2 N–H and O–H groups in total. The largest absolute Gasteiger partial charge is 0.493 e. The molecule has 1 amide bonds. The van der Waals surface area contributed by atoms with Crippen molar-refractivity contribution in [2.24, 2.45) is 0 Å². The number of benzene rings is 2. The van der Waals surface area contributed by atoms with E-state index in [0.717, 1.165) is 5.56 Å². The number of nitrogens with one attached hydrogen (secondary N) is 2. The number of ether oxygens (including phenoxy) is 2. The van der Waals surface area contributed by atoms with Crippen LogP contribution >= 0.6 is 0 Å². The van der Waals surface area contributed by atoms with Crippen molar-refractivity contribution in [3.05, 3.63) is 58.6 Å². The minimum Gasteiger partial charge on any atom is -0.493 e. The third kappa shape index (κ3) is 3.94. The number of amides is 1. The smallest absolute Gasteiger partial charge is 0.417 e. The number of carbonyl (C=O) groups excluding carboxylic acids is 1.